The van der Waals surface area contributed by atoms with Gasteiger partial charge in [0.2, 0.25) is 0 Å². The molecular weight excluding hydrogens is 520 g/mol. The Labute approximate surface area is 208 Å². The number of thioether (sulfide) groups is 1. The van der Waals surface area contributed by atoms with E-state index in [1.165, 1.54) is 18.9 Å². The lowest BCUT2D eigenvalue weighted by atomic mass is 10.1. The van der Waals surface area contributed by atoms with Crippen molar-refractivity contribution >= 4 is 67.3 Å². The number of esters is 2. The summed E-state index contributed by atoms with van der Waals surface area (Å²) in [7, 11) is 1.34. The number of ether oxygens (including phenoxy) is 2. The fourth-order valence-electron chi connectivity index (χ4n) is 3.50. The van der Waals surface area contributed by atoms with E-state index in [-0.39, 0.29) is 30.5 Å². The minimum absolute atomic E-state index is 0.0291. The smallest absolute Gasteiger partial charge is 0.344 e. The molecule has 7 nitrogen and oxygen atoms in total. The van der Waals surface area contributed by atoms with Crippen molar-refractivity contribution in [2.75, 3.05) is 13.7 Å². The maximum Gasteiger partial charge on any atom is 0.344 e. The number of carbonyl (C=O) groups is 2. The molecule has 2 aromatic carbocycles. The lowest BCUT2D eigenvalue weighted by Crippen LogP contribution is -2.12. The van der Waals surface area contributed by atoms with Crippen molar-refractivity contribution in [1.29, 1.82) is 0 Å². The second kappa shape index (κ2) is 10.3. The molecule has 0 unspecified atom stereocenters. The topological polar surface area (TPSA) is 90.1 Å². The monoisotopic (exact) mass is 540 g/mol. The van der Waals surface area contributed by atoms with Crippen LogP contribution < -0.4 is 0 Å². The zero-order valence-electron chi connectivity index (χ0n) is 18.4. The molecule has 174 valence electrons. The van der Waals surface area contributed by atoms with Crippen molar-refractivity contribution in [3.63, 3.8) is 0 Å². The summed E-state index contributed by atoms with van der Waals surface area (Å²) in [5, 5.41) is 12.2. The lowest BCUT2D eigenvalue weighted by molar-refractivity contribution is -0.141. The number of halogens is 1. The number of fused-ring (bicyclic) bond motifs is 1. The first-order valence-corrected chi connectivity index (χ1v) is 12.0. The van der Waals surface area contributed by atoms with E-state index in [0.717, 1.165) is 20.9 Å². The lowest BCUT2D eigenvalue weighted by Gasteiger charge is -2.03. The third kappa shape index (κ3) is 4.95. The van der Waals surface area contributed by atoms with Gasteiger partial charge >= 0.3 is 11.9 Å². The number of carbonyl (C=O) groups excluding carboxylic acids is 2. The van der Waals surface area contributed by atoms with Crippen molar-refractivity contribution in [2.45, 2.75) is 13.5 Å². The van der Waals surface area contributed by atoms with Crippen LogP contribution in [0.15, 0.2) is 80.4 Å². The second-order valence-corrected chi connectivity index (χ2v) is 9.20. The molecule has 0 fully saturated rings. The zero-order chi connectivity index (χ0) is 24.2. The zero-order valence-corrected chi connectivity index (χ0v) is 20.9. The fourth-order valence-corrected chi connectivity index (χ4v) is 4.89. The third-order valence-electron chi connectivity index (χ3n) is 5.04. The number of aromatic nitrogens is 1. The molecule has 1 N–H and O–H groups in total. The number of hydrogen-bond donors (Lipinski definition) is 1. The Morgan fingerprint density at radius 3 is 2.68 bits per heavy atom. The molecule has 2 heterocycles. The second-order valence-electron chi connectivity index (χ2n) is 7.26. The minimum atomic E-state index is -0.638. The van der Waals surface area contributed by atoms with Gasteiger partial charge in [-0.3, -0.25) is 4.79 Å². The summed E-state index contributed by atoms with van der Waals surface area (Å²) in [4.78, 5) is 29.6. The number of nitrogens with zero attached hydrogens (tertiary/aromatic N) is 2. The van der Waals surface area contributed by atoms with Crippen LogP contribution in [0.3, 0.4) is 0 Å². The Morgan fingerprint density at radius 1 is 1.21 bits per heavy atom. The van der Waals surface area contributed by atoms with E-state index in [1.807, 2.05) is 54.7 Å². The van der Waals surface area contributed by atoms with Crippen molar-refractivity contribution in [2.24, 2.45) is 4.99 Å². The van der Waals surface area contributed by atoms with Crippen LogP contribution in [0, 0.1) is 0 Å². The summed E-state index contributed by atoms with van der Waals surface area (Å²) in [5.74, 6) is -1.21. The molecular formula is C25H21BrN2O5S. The molecule has 0 saturated carbocycles. The minimum Gasteiger partial charge on any atom is -0.506 e. The van der Waals surface area contributed by atoms with Gasteiger partial charge in [0.25, 0.3) is 0 Å². The Hall–Kier alpha value is -3.30. The highest BCUT2D eigenvalue weighted by Crippen LogP contribution is 2.41. The van der Waals surface area contributed by atoms with Crippen molar-refractivity contribution in [1.82, 2.24) is 4.57 Å². The van der Waals surface area contributed by atoms with Crippen LogP contribution >= 0.6 is 27.7 Å². The first-order chi connectivity index (χ1) is 16.4. The predicted molar refractivity (Wildman–Crippen MR) is 137 cm³/mol. The normalized spacial score (nSPS) is 16.0. The molecule has 0 radical (unpaired) electrons. The third-order valence-corrected chi connectivity index (χ3v) is 6.56. The number of methoxy groups -OCH3 is 1. The van der Waals surface area contributed by atoms with Gasteiger partial charge in [-0.15, -0.1) is 0 Å². The Morgan fingerprint density at radius 2 is 1.97 bits per heavy atom. The van der Waals surface area contributed by atoms with Gasteiger partial charge in [-0.25, -0.2) is 9.79 Å². The van der Waals surface area contributed by atoms with Crippen LogP contribution in [0.1, 0.15) is 12.5 Å². The fraction of sp³-hybridized carbons (Fsp3) is 0.160. The maximum atomic E-state index is 12.6. The van der Waals surface area contributed by atoms with E-state index in [2.05, 4.69) is 20.9 Å². The Balaban J connectivity index is 1.82. The van der Waals surface area contributed by atoms with E-state index in [9.17, 15) is 14.7 Å². The Kier molecular flexibility index (Phi) is 7.23. The van der Waals surface area contributed by atoms with Crippen LogP contribution in [0.2, 0.25) is 0 Å². The number of benzene rings is 2. The predicted octanol–water partition coefficient (Wildman–Crippen LogP) is 5.77. The van der Waals surface area contributed by atoms with Crippen LogP contribution in [0.25, 0.3) is 17.0 Å². The van der Waals surface area contributed by atoms with Crippen LogP contribution in [0.5, 0.6) is 0 Å². The maximum absolute atomic E-state index is 12.6. The number of aliphatic hydroxyl groups excluding tert-OH is 1. The first kappa shape index (κ1) is 23.8. The van der Waals surface area contributed by atoms with E-state index < -0.39 is 5.97 Å². The molecule has 0 amide bonds. The molecule has 34 heavy (non-hydrogen) atoms. The van der Waals surface area contributed by atoms with E-state index in [4.69, 9.17) is 9.47 Å². The highest BCUT2D eigenvalue weighted by molar-refractivity contribution is 9.10. The van der Waals surface area contributed by atoms with E-state index >= 15 is 0 Å². The summed E-state index contributed by atoms with van der Waals surface area (Å²) in [5.41, 5.74) is 2.27. The molecule has 0 saturated heterocycles. The number of aliphatic hydroxyl groups is 1. The largest absolute Gasteiger partial charge is 0.506 e. The molecule has 0 spiro atoms. The molecule has 4 rings (SSSR count). The summed E-state index contributed by atoms with van der Waals surface area (Å²) >= 11 is 4.68. The van der Waals surface area contributed by atoms with Gasteiger partial charge in [-0.1, -0.05) is 45.9 Å². The van der Waals surface area contributed by atoms with Gasteiger partial charge in [0.05, 0.1) is 24.3 Å². The van der Waals surface area contributed by atoms with Crippen molar-refractivity contribution in [3.8, 4) is 0 Å². The quantitative estimate of drug-likeness (QED) is 0.399. The summed E-state index contributed by atoms with van der Waals surface area (Å²) < 4.78 is 12.6. The molecule has 0 bridgehead atoms. The molecule has 1 aromatic heterocycles. The van der Waals surface area contributed by atoms with E-state index in [0.29, 0.717) is 15.6 Å². The van der Waals surface area contributed by atoms with Crippen LogP contribution in [-0.2, 0) is 25.6 Å². The average Bonchev–Trinajstić information content (AvgIpc) is 3.31. The SMILES string of the molecule is CCOC(=O)C1=C(O)/C(=C/c2cn(CC(=O)OC)c3ccc(Br)cc23)SC1=Nc1ccccc1. The molecule has 0 atom stereocenters. The van der Waals surface area contributed by atoms with Crippen molar-refractivity contribution in [3.05, 3.63) is 81.0 Å². The standard InChI is InChI=1S/C25H21BrN2O5S/c1-3-33-25(31)22-23(30)20(34-24(22)27-17-7-5-4-6-8-17)11-15-13-28(14-21(29)32-2)19-10-9-16(26)12-18(15)19/h4-13,30H,3,14H2,1-2H3/b20-11-,27-24?. The van der Waals surface area contributed by atoms with Gasteiger partial charge in [0, 0.05) is 27.1 Å². The number of aliphatic imine (C=N–C) groups is 1. The number of rotatable bonds is 6. The van der Waals surface area contributed by atoms with Gasteiger partial charge in [0.15, 0.2) is 0 Å². The summed E-state index contributed by atoms with van der Waals surface area (Å²) in [6.45, 7) is 1.92. The van der Waals surface area contributed by atoms with Gasteiger partial charge in [-0.2, -0.15) is 0 Å². The van der Waals surface area contributed by atoms with Crippen LogP contribution in [0.4, 0.5) is 5.69 Å². The molecule has 1 aliphatic rings. The van der Waals surface area contributed by atoms with Crippen molar-refractivity contribution < 1.29 is 24.2 Å². The highest BCUT2D eigenvalue weighted by Gasteiger charge is 2.33. The first-order valence-electron chi connectivity index (χ1n) is 10.4. The summed E-state index contributed by atoms with van der Waals surface area (Å²) in [6.07, 6.45) is 3.58. The molecule has 9 heteroatoms. The van der Waals surface area contributed by atoms with Gasteiger partial charge in [0.1, 0.15) is 22.9 Å². The van der Waals surface area contributed by atoms with Crippen LogP contribution in [-0.4, -0.2) is 40.4 Å². The number of para-hydroxylation sites is 1. The van der Waals surface area contributed by atoms with Gasteiger partial charge < -0.3 is 19.1 Å². The van der Waals surface area contributed by atoms with Gasteiger partial charge in [-0.05, 0) is 43.3 Å². The van der Waals surface area contributed by atoms with E-state index in [1.54, 1.807) is 17.6 Å². The molecule has 1 aliphatic heterocycles. The highest BCUT2D eigenvalue weighted by atomic mass is 79.9. The number of hydrogen-bond acceptors (Lipinski definition) is 7. The summed E-state index contributed by atoms with van der Waals surface area (Å²) in [6, 6.07) is 14.9. The molecule has 0 aliphatic carbocycles. The average molecular weight is 541 g/mol. The molecule has 3 aromatic rings. The Bertz CT molecular complexity index is 1360.